The Morgan fingerprint density at radius 2 is 2.26 bits per heavy atom. The van der Waals surface area contributed by atoms with Gasteiger partial charge in [-0.3, -0.25) is 9.78 Å². The molecule has 1 aliphatic heterocycles. The number of aryl methyl sites for hydroxylation is 1. The molecule has 1 amide bonds. The number of carbonyl (C=O) groups excluding carboxylic acids is 1. The first-order chi connectivity index (χ1) is 9.24. The number of fused-ring (bicyclic) bond motifs is 1. The maximum Gasteiger partial charge on any atom is 0.268 e. The molecule has 3 heterocycles. The highest BCUT2D eigenvalue weighted by atomic mass is 16.5. The van der Waals surface area contributed by atoms with E-state index in [1.54, 1.807) is 18.3 Å². The Balaban J connectivity index is 1.96. The van der Waals surface area contributed by atoms with Crippen LogP contribution in [0.3, 0.4) is 0 Å². The largest absolute Gasteiger partial charge is 0.475 e. The monoisotopic (exact) mass is 258 g/mol. The third kappa shape index (κ3) is 2.17. The molecule has 0 unspecified atom stereocenters. The van der Waals surface area contributed by atoms with Crippen LogP contribution in [0.2, 0.25) is 0 Å². The minimum Gasteiger partial charge on any atom is -0.475 e. The topological polar surface area (TPSA) is 86.2 Å². The predicted octanol–water partition coefficient (Wildman–Crippen LogP) is 1.30. The normalized spacial score (nSPS) is 13.2. The smallest absolute Gasteiger partial charge is 0.268 e. The third-order valence-corrected chi connectivity index (χ3v) is 2.54. The van der Waals surface area contributed by atoms with Crippen molar-refractivity contribution in [1.82, 2.24) is 15.0 Å². The molecule has 0 atom stereocenters. The van der Waals surface area contributed by atoms with Gasteiger partial charge >= 0.3 is 0 Å². The SMILES string of the molecule is Cc1ncccc1Oc1ncnc2c1OCC(=O)N2. The van der Waals surface area contributed by atoms with Crippen LogP contribution in [0.1, 0.15) is 5.69 Å². The molecular formula is C12H10N4O3. The van der Waals surface area contributed by atoms with E-state index in [-0.39, 0.29) is 18.4 Å². The number of hydrogen-bond acceptors (Lipinski definition) is 6. The first-order valence-corrected chi connectivity index (χ1v) is 5.61. The van der Waals surface area contributed by atoms with Crippen molar-refractivity contribution in [2.24, 2.45) is 0 Å². The number of pyridine rings is 1. The first-order valence-electron chi connectivity index (χ1n) is 5.61. The maximum atomic E-state index is 11.2. The van der Waals surface area contributed by atoms with Crippen molar-refractivity contribution >= 4 is 11.7 Å². The summed E-state index contributed by atoms with van der Waals surface area (Å²) >= 11 is 0. The van der Waals surface area contributed by atoms with E-state index in [9.17, 15) is 4.79 Å². The Bertz CT molecular complexity index is 645. The summed E-state index contributed by atoms with van der Waals surface area (Å²) in [5.41, 5.74) is 0.731. The average molecular weight is 258 g/mol. The number of nitrogens with one attached hydrogen (secondary N) is 1. The maximum absolute atomic E-state index is 11.2. The number of aromatic nitrogens is 3. The van der Waals surface area contributed by atoms with Crippen LogP contribution in [0, 0.1) is 6.92 Å². The van der Waals surface area contributed by atoms with Crippen LogP contribution in [0.15, 0.2) is 24.7 Å². The molecule has 3 rings (SSSR count). The second kappa shape index (κ2) is 4.52. The Labute approximate surface area is 108 Å². The van der Waals surface area contributed by atoms with Crippen LogP contribution in [0.4, 0.5) is 5.82 Å². The lowest BCUT2D eigenvalue weighted by Gasteiger charge is -2.18. The molecule has 0 aliphatic carbocycles. The van der Waals surface area contributed by atoms with Gasteiger partial charge in [0.25, 0.3) is 11.8 Å². The van der Waals surface area contributed by atoms with E-state index in [0.29, 0.717) is 17.3 Å². The van der Waals surface area contributed by atoms with Gasteiger partial charge < -0.3 is 14.8 Å². The van der Waals surface area contributed by atoms with Crippen LogP contribution in [-0.4, -0.2) is 27.5 Å². The number of amides is 1. The van der Waals surface area contributed by atoms with E-state index in [2.05, 4.69) is 20.3 Å². The molecule has 0 radical (unpaired) electrons. The van der Waals surface area contributed by atoms with Gasteiger partial charge in [-0.1, -0.05) is 0 Å². The van der Waals surface area contributed by atoms with E-state index in [1.165, 1.54) is 6.33 Å². The van der Waals surface area contributed by atoms with Gasteiger partial charge in [-0.15, -0.1) is 0 Å². The minimum absolute atomic E-state index is 0.0806. The molecular weight excluding hydrogens is 248 g/mol. The van der Waals surface area contributed by atoms with Gasteiger partial charge in [-0.25, -0.2) is 4.98 Å². The fourth-order valence-electron chi connectivity index (χ4n) is 1.64. The van der Waals surface area contributed by atoms with E-state index in [0.717, 1.165) is 5.69 Å². The summed E-state index contributed by atoms with van der Waals surface area (Å²) in [6, 6.07) is 3.54. The van der Waals surface area contributed by atoms with E-state index in [4.69, 9.17) is 9.47 Å². The quantitative estimate of drug-likeness (QED) is 0.873. The molecule has 1 aliphatic rings. The van der Waals surface area contributed by atoms with Crippen molar-refractivity contribution in [2.45, 2.75) is 6.92 Å². The summed E-state index contributed by atoms with van der Waals surface area (Å²) in [6.07, 6.45) is 2.98. The molecule has 0 fully saturated rings. The Hall–Kier alpha value is -2.70. The lowest BCUT2D eigenvalue weighted by molar-refractivity contribution is -0.118. The van der Waals surface area contributed by atoms with Gasteiger partial charge in [-0.05, 0) is 19.1 Å². The van der Waals surface area contributed by atoms with Crippen molar-refractivity contribution < 1.29 is 14.3 Å². The molecule has 7 heteroatoms. The zero-order valence-corrected chi connectivity index (χ0v) is 10.1. The Kier molecular flexibility index (Phi) is 2.71. The number of ether oxygens (including phenoxy) is 2. The Morgan fingerprint density at radius 3 is 3.11 bits per heavy atom. The van der Waals surface area contributed by atoms with Crippen molar-refractivity contribution in [3.8, 4) is 17.4 Å². The fraction of sp³-hybridized carbons (Fsp3) is 0.167. The summed E-state index contributed by atoms with van der Waals surface area (Å²) in [7, 11) is 0. The Morgan fingerprint density at radius 1 is 1.37 bits per heavy atom. The summed E-state index contributed by atoms with van der Waals surface area (Å²) in [4.78, 5) is 23.3. The number of nitrogens with zero attached hydrogens (tertiary/aromatic N) is 3. The van der Waals surface area contributed by atoms with Crippen LogP contribution < -0.4 is 14.8 Å². The highest BCUT2D eigenvalue weighted by Gasteiger charge is 2.23. The van der Waals surface area contributed by atoms with Crippen LogP contribution in [0.25, 0.3) is 0 Å². The van der Waals surface area contributed by atoms with Crippen molar-refractivity contribution in [3.63, 3.8) is 0 Å². The second-order valence-corrected chi connectivity index (χ2v) is 3.88. The van der Waals surface area contributed by atoms with E-state index >= 15 is 0 Å². The highest BCUT2D eigenvalue weighted by molar-refractivity contribution is 5.94. The molecule has 0 spiro atoms. The zero-order chi connectivity index (χ0) is 13.2. The van der Waals surface area contributed by atoms with Gasteiger partial charge in [0.1, 0.15) is 6.33 Å². The summed E-state index contributed by atoms with van der Waals surface area (Å²) in [5, 5.41) is 2.59. The van der Waals surface area contributed by atoms with Gasteiger partial charge in [-0.2, -0.15) is 4.98 Å². The van der Waals surface area contributed by atoms with Crippen molar-refractivity contribution in [2.75, 3.05) is 11.9 Å². The van der Waals surface area contributed by atoms with Crippen LogP contribution in [0.5, 0.6) is 17.4 Å². The molecule has 0 saturated carbocycles. The molecule has 0 saturated heterocycles. The highest BCUT2D eigenvalue weighted by Crippen LogP contribution is 2.36. The molecule has 1 N–H and O–H groups in total. The van der Waals surface area contributed by atoms with Crippen LogP contribution >= 0.6 is 0 Å². The lowest BCUT2D eigenvalue weighted by Crippen LogP contribution is -2.26. The third-order valence-electron chi connectivity index (χ3n) is 2.54. The van der Waals surface area contributed by atoms with Gasteiger partial charge in [0.2, 0.25) is 5.75 Å². The minimum atomic E-state index is -0.255. The molecule has 7 nitrogen and oxygen atoms in total. The molecule has 2 aromatic heterocycles. The fourth-order valence-corrected chi connectivity index (χ4v) is 1.64. The second-order valence-electron chi connectivity index (χ2n) is 3.88. The molecule has 0 aromatic carbocycles. The molecule has 96 valence electrons. The van der Waals surface area contributed by atoms with Gasteiger partial charge in [0, 0.05) is 6.20 Å². The summed E-state index contributed by atoms with van der Waals surface area (Å²) in [6.45, 7) is 1.74. The number of rotatable bonds is 2. The van der Waals surface area contributed by atoms with E-state index in [1.807, 2.05) is 6.92 Å². The molecule has 2 aromatic rings. The molecule has 0 bridgehead atoms. The number of hydrogen-bond donors (Lipinski definition) is 1. The lowest BCUT2D eigenvalue weighted by atomic mass is 10.3. The number of anilines is 1. The van der Waals surface area contributed by atoms with Crippen molar-refractivity contribution in [1.29, 1.82) is 0 Å². The number of carbonyl (C=O) groups is 1. The average Bonchev–Trinajstić information content (AvgIpc) is 2.41. The van der Waals surface area contributed by atoms with Crippen LogP contribution in [-0.2, 0) is 4.79 Å². The zero-order valence-electron chi connectivity index (χ0n) is 10.1. The predicted molar refractivity (Wildman–Crippen MR) is 65.2 cm³/mol. The summed E-state index contributed by atoms with van der Waals surface area (Å²) in [5.74, 6) is 1.20. The standard InChI is InChI=1S/C12H10N4O3/c1-7-8(3-2-4-13-7)19-12-10-11(14-6-15-12)16-9(17)5-18-10/h2-4,6H,5H2,1H3,(H,14,15,16,17). The van der Waals surface area contributed by atoms with Gasteiger partial charge in [0.05, 0.1) is 5.69 Å². The van der Waals surface area contributed by atoms with Gasteiger partial charge in [0.15, 0.2) is 18.2 Å². The summed E-state index contributed by atoms with van der Waals surface area (Å²) < 4.78 is 10.9. The first kappa shape index (κ1) is 11.4. The molecule has 19 heavy (non-hydrogen) atoms. The van der Waals surface area contributed by atoms with E-state index < -0.39 is 0 Å². The van der Waals surface area contributed by atoms with Crippen molar-refractivity contribution in [3.05, 3.63) is 30.4 Å².